The average molecular weight is 284 g/mol. The number of nitrogens with zero attached hydrogens (tertiary/aromatic N) is 1. The van der Waals surface area contributed by atoms with E-state index in [0.29, 0.717) is 5.56 Å². The van der Waals surface area contributed by atoms with E-state index in [4.69, 9.17) is 4.74 Å². The van der Waals surface area contributed by atoms with E-state index in [-0.39, 0.29) is 5.78 Å². The van der Waals surface area contributed by atoms with Crippen LogP contribution in [0.15, 0.2) is 42.5 Å². The molecular weight excluding hydrogens is 264 g/mol. The summed E-state index contributed by atoms with van der Waals surface area (Å²) < 4.78 is 5.21. The van der Waals surface area contributed by atoms with Gasteiger partial charge in [-0.05, 0) is 37.3 Å². The van der Waals surface area contributed by atoms with Crippen LogP contribution in [0, 0.1) is 0 Å². The largest absolute Gasteiger partial charge is 0.497 e. The second kappa shape index (κ2) is 6.31. The molecule has 0 aliphatic rings. The number of nitrogens with one attached hydrogen (secondary N) is 1. The molecule has 2 aromatic carbocycles. The van der Waals surface area contributed by atoms with E-state index in [0.717, 1.165) is 22.8 Å². The van der Waals surface area contributed by atoms with E-state index in [1.807, 2.05) is 61.5 Å². The maximum absolute atomic E-state index is 11.9. The van der Waals surface area contributed by atoms with Crippen LogP contribution in [0.25, 0.3) is 0 Å². The molecule has 0 aromatic heterocycles. The van der Waals surface area contributed by atoms with Crippen LogP contribution in [-0.2, 0) is 0 Å². The lowest BCUT2D eigenvalue weighted by Crippen LogP contribution is -2.10. The summed E-state index contributed by atoms with van der Waals surface area (Å²) >= 11 is 0. The second-order valence-corrected chi connectivity index (χ2v) is 5.04. The number of hydrogen-bond acceptors (Lipinski definition) is 4. The maximum Gasteiger partial charge on any atom is 0.161 e. The molecule has 0 fully saturated rings. The van der Waals surface area contributed by atoms with Gasteiger partial charge in [-0.1, -0.05) is 6.07 Å². The van der Waals surface area contributed by atoms with E-state index >= 15 is 0 Å². The number of anilines is 3. The first-order valence-electron chi connectivity index (χ1n) is 6.74. The fraction of sp³-hybridized carbons (Fsp3) is 0.235. The highest BCUT2D eigenvalue weighted by Crippen LogP contribution is 2.27. The van der Waals surface area contributed by atoms with Crippen molar-refractivity contribution >= 4 is 22.8 Å². The molecule has 0 atom stereocenters. The highest BCUT2D eigenvalue weighted by atomic mass is 16.5. The minimum Gasteiger partial charge on any atom is -0.497 e. The Labute approximate surface area is 125 Å². The first-order chi connectivity index (χ1) is 10.0. The molecule has 0 radical (unpaired) electrons. The number of Topliss-reactive ketones (excluding diaryl/α,β-unsaturated/α-hetero) is 1. The van der Waals surface area contributed by atoms with Gasteiger partial charge in [0.25, 0.3) is 0 Å². The van der Waals surface area contributed by atoms with E-state index < -0.39 is 0 Å². The average Bonchev–Trinajstić information content (AvgIpc) is 2.47. The van der Waals surface area contributed by atoms with Crippen LogP contribution < -0.4 is 15.0 Å². The van der Waals surface area contributed by atoms with Crippen molar-refractivity contribution in [2.45, 2.75) is 6.92 Å². The number of ketones is 1. The third kappa shape index (κ3) is 3.54. The Hall–Kier alpha value is -2.49. The lowest BCUT2D eigenvalue weighted by Gasteiger charge is -2.17. The molecule has 0 aliphatic heterocycles. The van der Waals surface area contributed by atoms with Gasteiger partial charge in [-0.15, -0.1) is 0 Å². The highest BCUT2D eigenvalue weighted by molar-refractivity contribution is 6.01. The molecule has 0 saturated heterocycles. The predicted octanol–water partition coefficient (Wildman–Crippen LogP) is 3.71. The van der Waals surface area contributed by atoms with Crippen molar-refractivity contribution in [3.05, 3.63) is 48.0 Å². The van der Waals surface area contributed by atoms with Crippen LogP contribution in [-0.4, -0.2) is 27.0 Å². The quantitative estimate of drug-likeness (QED) is 0.850. The zero-order valence-corrected chi connectivity index (χ0v) is 12.8. The van der Waals surface area contributed by atoms with Crippen LogP contribution in [0.1, 0.15) is 17.3 Å². The minimum atomic E-state index is 0.0316. The van der Waals surface area contributed by atoms with Gasteiger partial charge >= 0.3 is 0 Å². The summed E-state index contributed by atoms with van der Waals surface area (Å²) in [5.41, 5.74) is 3.34. The fourth-order valence-electron chi connectivity index (χ4n) is 2.07. The SMILES string of the molecule is COc1cccc(Nc2ccc(N(C)C)cc2C(C)=O)c1. The van der Waals surface area contributed by atoms with Crippen molar-refractivity contribution < 1.29 is 9.53 Å². The van der Waals surface area contributed by atoms with Gasteiger partial charge in [-0.25, -0.2) is 0 Å². The van der Waals surface area contributed by atoms with Gasteiger partial charge in [0.15, 0.2) is 5.78 Å². The van der Waals surface area contributed by atoms with Crippen molar-refractivity contribution in [2.24, 2.45) is 0 Å². The van der Waals surface area contributed by atoms with Gasteiger partial charge in [0.2, 0.25) is 0 Å². The first-order valence-corrected chi connectivity index (χ1v) is 6.74. The Balaban J connectivity index is 2.36. The summed E-state index contributed by atoms with van der Waals surface area (Å²) in [5.74, 6) is 0.804. The third-order valence-electron chi connectivity index (χ3n) is 3.25. The molecule has 21 heavy (non-hydrogen) atoms. The zero-order valence-electron chi connectivity index (χ0n) is 12.8. The molecule has 0 saturated carbocycles. The third-order valence-corrected chi connectivity index (χ3v) is 3.25. The van der Waals surface area contributed by atoms with E-state index in [1.165, 1.54) is 0 Å². The molecule has 0 bridgehead atoms. The first kappa shape index (κ1) is 14.9. The molecule has 0 heterocycles. The van der Waals surface area contributed by atoms with Gasteiger partial charge in [0.05, 0.1) is 7.11 Å². The number of methoxy groups -OCH3 is 1. The molecule has 0 amide bonds. The number of rotatable bonds is 5. The summed E-state index contributed by atoms with van der Waals surface area (Å²) in [5, 5.41) is 3.28. The van der Waals surface area contributed by atoms with Crippen LogP contribution in [0.3, 0.4) is 0 Å². The normalized spacial score (nSPS) is 10.1. The van der Waals surface area contributed by atoms with Gasteiger partial charge in [0, 0.05) is 42.8 Å². The number of carbonyl (C=O) groups excluding carboxylic acids is 1. The fourth-order valence-corrected chi connectivity index (χ4v) is 2.07. The van der Waals surface area contributed by atoms with Crippen molar-refractivity contribution in [3.8, 4) is 5.75 Å². The van der Waals surface area contributed by atoms with Crippen LogP contribution >= 0.6 is 0 Å². The molecular formula is C17H20N2O2. The molecule has 2 rings (SSSR count). The second-order valence-electron chi connectivity index (χ2n) is 5.04. The van der Waals surface area contributed by atoms with Crippen molar-refractivity contribution in [3.63, 3.8) is 0 Å². The van der Waals surface area contributed by atoms with Crippen molar-refractivity contribution in [1.82, 2.24) is 0 Å². The molecule has 2 aromatic rings. The molecule has 1 N–H and O–H groups in total. The Morgan fingerprint density at radius 3 is 2.52 bits per heavy atom. The van der Waals surface area contributed by atoms with Crippen LogP contribution in [0.2, 0.25) is 0 Å². The van der Waals surface area contributed by atoms with Crippen molar-refractivity contribution in [1.29, 1.82) is 0 Å². The lowest BCUT2D eigenvalue weighted by atomic mass is 10.1. The Bertz CT molecular complexity index is 651. The number of benzene rings is 2. The molecule has 110 valence electrons. The van der Waals surface area contributed by atoms with Gasteiger partial charge in [-0.2, -0.15) is 0 Å². The van der Waals surface area contributed by atoms with Crippen LogP contribution in [0.4, 0.5) is 17.1 Å². The van der Waals surface area contributed by atoms with Gasteiger partial charge < -0.3 is 15.0 Å². The highest BCUT2D eigenvalue weighted by Gasteiger charge is 2.10. The Morgan fingerprint density at radius 1 is 1.14 bits per heavy atom. The smallest absolute Gasteiger partial charge is 0.161 e. The summed E-state index contributed by atoms with van der Waals surface area (Å²) in [6, 6.07) is 13.4. The van der Waals surface area contributed by atoms with E-state index in [9.17, 15) is 4.79 Å². The van der Waals surface area contributed by atoms with Gasteiger partial charge in [0.1, 0.15) is 5.75 Å². The molecule has 0 unspecified atom stereocenters. The van der Waals surface area contributed by atoms with Gasteiger partial charge in [-0.3, -0.25) is 4.79 Å². The number of carbonyl (C=O) groups is 1. The molecule has 4 heteroatoms. The lowest BCUT2D eigenvalue weighted by molar-refractivity contribution is 0.101. The predicted molar refractivity (Wildman–Crippen MR) is 87.1 cm³/mol. The summed E-state index contributed by atoms with van der Waals surface area (Å²) in [7, 11) is 5.54. The summed E-state index contributed by atoms with van der Waals surface area (Å²) in [4.78, 5) is 13.8. The topological polar surface area (TPSA) is 41.6 Å². The van der Waals surface area contributed by atoms with E-state index in [1.54, 1.807) is 14.0 Å². The zero-order chi connectivity index (χ0) is 15.4. The monoisotopic (exact) mass is 284 g/mol. The Kier molecular flexibility index (Phi) is 4.48. The van der Waals surface area contributed by atoms with Crippen LogP contribution in [0.5, 0.6) is 5.75 Å². The Morgan fingerprint density at radius 2 is 1.90 bits per heavy atom. The summed E-state index contributed by atoms with van der Waals surface area (Å²) in [6.07, 6.45) is 0. The maximum atomic E-state index is 11.9. The summed E-state index contributed by atoms with van der Waals surface area (Å²) in [6.45, 7) is 1.57. The minimum absolute atomic E-state index is 0.0316. The number of hydrogen-bond donors (Lipinski definition) is 1. The molecule has 0 spiro atoms. The standard InChI is InChI=1S/C17H20N2O2/c1-12(20)16-11-14(19(2)3)8-9-17(16)18-13-6-5-7-15(10-13)21-4/h5-11,18H,1-4H3. The number of ether oxygens (including phenoxy) is 1. The molecule has 0 aliphatic carbocycles. The molecule has 4 nitrogen and oxygen atoms in total. The van der Waals surface area contributed by atoms with E-state index in [2.05, 4.69) is 5.32 Å². The van der Waals surface area contributed by atoms with Crippen molar-refractivity contribution in [2.75, 3.05) is 31.4 Å².